The molecule has 12 heteroatoms. The van der Waals surface area contributed by atoms with Crippen molar-refractivity contribution in [2.45, 2.75) is 33.6 Å². The minimum Gasteiger partial charge on any atom is -0.353 e. The number of pyridine rings is 1. The average molecular weight is 548 g/mol. The average Bonchev–Trinajstić information content (AvgIpc) is 3.40. The third kappa shape index (κ3) is 4.76. The molecule has 1 aromatic heterocycles. The van der Waals surface area contributed by atoms with Crippen molar-refractivity contribution in [2.75, 3.05) is 64.3 Å². The molecule has 5 rings (SSSR count). The Morgan fingerprint density at radius 1 is 0.784 bits per heavy atom. The highest BCUT2D eigenvalue weighted by atomic mass is 32.2. The van der Waals surface area contributed by atoms with Gasteiger partial charge in [0.05, 0.1) is 28.4 Å². The maximum atomic E-state index is 13.7. The second kappa shape index (κ2) is 9.46. The Morgan fingerprint density at radius 2 is 1.41 bits per heavy atom. The number of sulfonamides is 2. The molecule has 0 bridgehead atoms. The van der Waals surface area contributed by atoms with E-state index in [1.165, 1.54) is 8.61 Å². The van der Waals surface area contributed by atoms with Gasteiger partial charge in [0.1, 0.15) is 5.82 Å². The highest BCUT2D eigenvalue weighted by Gasteiger charge is 2.35. The van der Waals surface area contributed by atoms with Crippen molar-refractivity contribution in [3.8, 4) is 0 Å². The zero-order valence-corrected chi connectivity index (χ0v) is 23.1. The van der Waals surface area contributed by atoms with Gasteiger partial charge in [0.2, 0.25) is 20.0 Å². The maximum Gasteiger partial charge on any atom is 0.256 e. The smallest absolute Gasteiger partial charge is 0.256 e. The fourth-order valence-electron chi connectivity index (χ4n) is 5.34. The quantitative estimate of drug-likeness (QED) is 0.576. The van der Waals surface area contributed by atoms with Gasteiger partial charge in [0, 0.05) is 45.0 Å². The standard InChI is InChI=1S/C25H33N5O5S2/c1-18-16-19(2)24(26-20(18)3)27-10-12-28(13-11-27)25(31)22-7-6-21(29-8-4-14-36(29,32)33)17-23(22)30-9-5-15-37(30,34)35/h6-7,16-17H,4-5,8-15H2,1-3H3. The van der Waals surface area contributed by atoms with Gasteiger partial charge in [0.15, 0.2) is 0 Å². The van der Waals surface area contributed by atoms with Gasteiger partial charge in [-0.25, -0.2) is 21.8 Å². The highest BCUT2D eigenvalue weighted by molar-refractivity contribution is 7.93. The molecule has 3 aliphatic rings. The van der Waals surface area contributed by atoms with Crippen molar-refractivity contribution < 1.29 is 21.6 Å². The molecule has 3 saturated heterocycles. The molecule has 3 aliphatic heterocycles. The van der Waals surface area contributed by atoms with Gasteiger partial charge in [-0.1, -0.05) is 6.07 Å². The summed E-state index contributed by atoms with van der Waals surface area (Å²) >= 11 is 0. The Morgan fingerprint density at radius 3 is 2.00 bits per heavy atom. The normalized spacial score (nSPS) is 21.1. The van der Waals surface area contributed by atoms with Crippen molar-refractivity contribution in [3.63, 3.8) is 0 Å². The largest absolute Gasteiger partial charge is 0.353 e. The number of aromatic nitrogens is 1. The molecule has 10 nitrogen and oxygen atoms in total. The van der Waals surface area contributed by atoms with Crippen LogP contribution in [0.5, 0.6) is 0 Å². The van der Waals surface area contributed by atoms with Gasteiger partial charge in [-0.2, -0.15) is 0 Å². The van der Waals surface area contributed by atoms with Crippen LogP contribution in [0.1, 0.15) is 40.0 Å². The number of carbonyl (C=O) groups excluding carboxylic acids is 1. The number of piperazine rings is 1. The van der Waals surface area contributed by atoms with Crippen molar-refractivity contribution in [3.05, 3.63) is 46.6 Å². The fourth-order valence-corrected chi connectivity index (χ4v) is 8.47. The summed E-state index contributed by atoms with van der Waals surface area (Å²) in [6.45, 7) is 8.86. The number of rotatable bonds is 4. The molecule has 1 amide bonds. The van der Waals surface area contributed by atoms with E-state index >= 15 is 0 Å². The Balaban J connectivity index is 1.42. The molecule has 37 heavy (non-hydrogen) atoms. The van der Waals surface area contributed by atoms with Crippen LogP contribution in [0.15, 0.2) is 24.3 Å². The molecular weight excluding hydrogens is 514 g/mol. The molecule has 200 valence electrons. The van der Waals surface area contributed by atoms with Crippen LogP contribution in [0.25, 0.3) is 0 Å². The van der Waals surface area contributed by atoms with Crippen molar-refractivity contribution >= 4 is 43.1 Å². The second-order valence-electron chi connectivity index (χ2n) is 10.00. The lowest BCUT2D eigenvalue weighted by atomic mass is 10.1. The predicted octanol–water partition coefficient (Wildman–Crippen LogP) is 2.05. The monoisotopic (exact) mass is 547 g/mol. The summed E-state index contributed by atoms with van der Waals surface area (Å²) in [6, 6.07) is 6.87. The maximum absolute atomic E-state index is 13.7. The zero-order chi connectivity index (χ0) is 26.5. The molecule has 0 unspecified atom stereocenters. The molecule has 0 aliphatic carbocycles. The minimum atomic E-state index is -3.58. The molecular formula is C25H33N5O5S2. The number of hydrogen-bond donors (Lipinski definition) is 0. The Hall–Kier alpha value is -2.86. The molecule has 4 heterocycles. The molecule has 0 atom stereocenters. The fraction of sp³-hybridized carbons (Fsp3) is 0.520. The van der Waals surface area contributed by atoms with E-state index in [0.717, 1.165) is 22.6 Å². The summed E-state index contributed by atoms with van der Waals surface area (Å²) in [5.74, 6) is 0.741. The van der Waals surface area contributed by atoms with Crippen LogP contribution in [-0.4, -0.2) is 83.4 Å². The van der Waals surface area contributed by atoms with E-state index in [4.69, 9.17) is 4.98 Å². The first kappa shape index (κ1) is 25.8. The Kier molecular flexibility index (Phi) is 6.59. The number of hydrogen-bond acceptors (Lipinski definition) is 7. The Bertz CT molecular complexity index is 1450. The predicted molar refractivity (Wildman–Crippen MR) is 145 cm³/mol. The first-order chi connectivity index (χ1) is 17.5. The van der Waals surface area contributed by atoms with Gasteiger partial charge < -0.3 is 9.80 Å². The summed E-state index contributed by atoms with van der Waals surface area (Å²) in [5, 5.41) is 0. The van der Waals surface area contributed by atoms with Gasteiger partial charge in [-0.05, 0) is 62.9 Å². The van der Waals surface area contributed by atoms with Crippen LogP contribution in [0.3, 0.4) is 0 Å². The van der Waals surface area contributed by atoms with E-state index in [2.05, 4.69) is 11.0 Å². The van der Waals surface area contributed by atoms with E-state index in [1.54, 1.807) is 23.1 Å². The van der Waals surface area contributed by atoms with Crippen LogP contribution in [0, 0.1) is 20.8 Å². The number of amides is 1. The summed E-state index contributed by atoms with van der Waals surface area (Å²) in [7, 11) is -7.02. The Labute approximate surface area is 219 Å². The van der Waals surface area contributed by atoms with Crippen LogP contribution < -0.4 is 13.5 Å². The lowest BCUT2D eigenvalue weighted by Gasteiger charge is -2.37. The molecule has 3 fully saturated rings. The minimum absolute atomic E-state index is 0.00780. The zero-order valence-electron chi connectivity index (χ0n) is 21.5. The van der Waals surface area contributed by atoms with Gasteiger partial charge >= 0.3 is 0 Å². The van der Waals surface area contributed by atoms with E-state index in [-0.39, 0.29) is 35.2 Å². The summed E-state index contributed by atoms with van der Waals surface area (Å²) in [6.07, 6.45) is 0.975. The lowest BCUT2D eigenvalue weighted by molar-refractivity contribution is 0.0747. The summed E-state index contributed by atoms with van der Waals surface area (Å²) in [4.78, 5) is 22.4. The van der Waals surface area contributed by atoms with Crippen LogP contribution in [-0.2, 0) is 20.0 Å². The van der Waals surface area contributed by atoms with Crippen LogP contribution in [0.2, 0.25) is 0 Å². The van der Waals surface area contributed by atoms with Gasteiger partial charge in [0.25, 0.3) is 5.91 Å². The van der Waals surface area contributed by atoms with E-state index in [1.807, 2.05) is 20.8 Å². The molecule has 2 aromatic rings. The van der Waals surface area contributed by atoms with E-state index < -0.39 is 20.0 Å². The van der Waals surface area contributed by atoms with Crippen molar-refractivity contribution in [1.29, 1.82) is 0 Å². The molecule has 0 saturated carbocycles. The number of benzene rings is 1. The second-order valence-corrected chi connectivity index (χ2v) is 14.0. The molecule has 1 aromatic carbocycles. The van der Waals surface area contributed by atoms with Crippen LogP contribution in [0.4, 0.5) is 17.2 Å². The lowest BCUT2D eigenvalue weighted by Crippen LogP contribution is -2.49. The SMILES string of the molecule is Cc1cc(C)c(N2CCN(C(=O)c3ccc(N4CCCS4(=O)=O)cc3N3CCCS3(=O)=O)CC2)nc1C. The van der Waals surface area contributed by atoms with Gasteiger partial charge in [-0.3, -0.25) is 13.4 Å². The number of carbonyl (C=O) groups is 1. The number of nitrogens with zero attached hydrogens (tertiary/aromatic N) is 5. The third-order valence-electron chi connectivity index (χ3n) is 7.46. The number of aryl methyl sites for hydroxylation is 3. The van der Waals surface area contributed by atoms with Gasteiger partial charge in [-0.15, -0.1) is 0 Å². The topological polar surface area (TPSA) is 111 Å². The first-order valence-corrected chi connectivity index (χ1v) is 15.8. The summed E-state index contributed by atoms with van der Waals surface area (Å²) < 4.78 is 53.2. The summed E-state index contributed by atoms with van der Waals surface area (Å²) in [5.41, 5.74) is 4.15. The first-order valence-electron chi connectivity index (χ1n) is 12.6. The van der Waals surface area contributed by atoms with Crippen molar-refractivity contribution in [2.24, 2.45) is 0 Å². The van der Waals surface area contributed by atoms with E-state index in [0.29, 0.717) is 51.3 Å². The third-order valence-corrected chi connectivity index (χ3v) is 11.2. The molecule has 0 spiro atoms. The van der Waals surface area contributed by atoms with Crippen molar-refractivity contribution in [1.82, 2.24) is 9.88 Å². The highest BCUT2D eigenvalue weighted by Crippen LogP contribution is 2.35. The number of anilines is 3. The molecule has 0 radical (unpaired) electrons. The molecule has 0 N–H and O–H groups in total. The van der Waals surface area contributed by atoms with Crippen LogP contribution >= 0.6 is 0 Å². The van der Waals surface area contributed by atoms with E-state index in [9.17, 15) is 21.6 Å².